The molecule has 1 amide bonds. The second-order valence-electron chi connectivity index (χ2n) is 4.97. The van der Waals surface area contributed by atoms with Crippen LogP contribution >= 0.6 is 0 Å². The van der Waals surface area contributed by atoms with Crippen LogP contribution < -0.4 is 4.74 Å². The SMILES string of the molecule is CC1CCN(C(=O)Oc2n[nH]c3ncccc23)CC1. The predicted molar refractivity (Wildman–Crippen MR) is 69.9 cm³/mol. The smallest absolute Gasteiger partial charge is 0.389 e. The summed E-state index contributed by atoms with van der Waals surface area (Å²) in [5, 5.41) is 7.46. The zero-order chi connectivity index (χ0) is 13.2. The van der Waals surface area contributed by atoms with Gasteiger partial charge in [-0.25, -0.2) is 9.78 Å². The van der Waals surface area contributed by atoms with Gasteiger partial charge in [-0.2, -0.15) is 0 Å². The molecule has 0 aliphatic carbocycles. The zero-order valence-corrected chi connectivity index (χ0v) is 10.8. The number of fused-ring (bicyclic) bond motifs is 1. The average Bonchev–Trinajstić information content (AvgIpc) is 2.83. The first kappa shape index (κ1) is 12.0. The van der Waals surface area contributed by atoms with Gasteiger partial charge in [0.05, 0.1) is 5.39 Å². The van der Waals surface area contributed by atoms with Crippen molar-refractivity contribution in [2.45, 2.75) is 19.8 Å². The van der Waals surface area contributed by atoms with Crippen LogP contribution in [0.4, 0.5) is 4.79 Å². The Balaban J connectivity index is 1.72. The number of rotatable bonds is 1. The number of hydrogen-bond donors (Lipinski definition) is 1. The number of ether oxygens (including phenoxy) is 1. The molecule has 100 valence electrons. The monoisotopic (exact) mass is 260 g/mol. The third-order valence-corrected chi connectivity index (χ3v) is 3.53. The second kappa shape index (κ2) is 4.87. The molecule has 0 saturated carbocycles. The first-order chi connectivity index (χ1) is 9.24. The Morgan fingerprint density at radius 3 is 3.05 bits per heavy atom. The van der Waals surface area contributed by atoms with Crippen LogP contribution in [-0.2, 0) is 0 Å². The Kier molecular flexibility index (Phi) is 3.06. The van der Waals surface area contributed by atoms with Crippen molar-refractivity contribution in [2.24, 2.45) is 5.92 Å². The molecule has 1 fully saturated rings. The van der Waals surface area contributed by atoms with Crippen molar-refractivity contribution >= 4 is 17.1 Å². The molecule has 2 aromatic rings. The molecule has 0 radical (unpaired) electrons. The van der Waals surface area contributed by atoms with Crippen molar-refractivity contribution in [3.63, 3.8) is 0 Å². The van der Waals surface area contributed by atoms with E-state index in [1.165, 1.54) is 0 Å². The van der Waals surface area contributed by atoms with Crippen LogP contribution in [0.2, 0.25) is 0 Å². The normalized spacial score (nSPS) is 16.8. The van der Waals surface area contributed by atoms with E-state index < -0.39 is 0 Å². The molecule has 2 aromatic heterocycles. The van der Waals surface area contributed by atoms with Crippen LogP contribution in [0.1, 0.15) is 19.8 Å². The van der Waals surface area contributed by atoms with E-state index >= 15 is 0 Å². The van der Waals surface area contributed by atoms with Crippen molar-refractivity contribution < 1.29 is 9.53 Å². The number of aromatic amines is 1. The fourth-order valence-electron chi connectivity index (χ4n) is 2.25. The van der Waals surface area contributed by atoms with E-state index in [0.29, 0.717) is 17.4 Å². The van der Waals surface area contributed by atoms with Crippen molar-refractivity contribution in [2.75, 3.05) is 13.1 Å². The van der Waals surface area contributed by atoms with Crippen LogP contribution in [0, 0.1) is 5.92 Å². The Hall–Kier alpha value is -2.11. The number of nitrogens with zero attached hydrogens (tertiary/aromatic N) is 3. The van der Waals surface area contributed by atoms with Crippen molar-refractivity contribution in [3.8, 4) is 5.88 Å². The van der Waals surface area contributed by atoms with E-state index in [-0.39, 0.29) is 6.09 Å². The molecule has 0 unspecified atom stereocenters. The minimum absolute atomic E-state index is 0.298. The lowest BCUT2D eigenvalue weighted by Gasteiger charge is -2.28. The van der Waals surface area contributed by atoms with Crippen LogP contribution in [0.3, 0.4) is 0 Å². The Morgan fingerprint density at radius 2 is 2.26 bits per heavy atom. The topological polar surface area (TPSA) is 71.1 Å². The largest absolute Gasteiger partial charge is 0.416 e. The van der Waals surface area contributed by atoms with Gasteiger partial charge in [-0.05, 0) is 30.9 Å². The summed E-state index contributed by atoms with van der Waals surface area (Å²) >= 11 is 0. The Bertz CT molecular complexity index is 587. The predicted octanol–water partition coefficient (Wildman–Crippen LogP) is 2.19. The molecule has 1 aliphatic heterocycles. The fourth-order valence-corrected chi connectivity index (χ4v) is 2.25. The first-order valence-electron chi connectivity index (χ1n) is 6.50. The number of aromatic nitrogens is 3. The van der Waals surface area contributed by atoms with Gasteiger partial charge < -0.3 is 9.64 Å². The average molecular weight is 260 g/mol. The van der Waals surface area contributed by atoms with Gasteiger partial charge in [0.25, 0.3) is 5.88 Å². The first-order valence-corrected chi connectivity index (χ1v) is 6.50. The lowest BCUT2D eigenvalue weighted by molar-refractivity contribution is 0.132. The summed E-state index contributed by atoms with van der Waals surface area (Å²) in [5.41, 5.74) is 0.623. The maximum atomic E-state index is 12.0. The molecular weight excluding hydrogens is 244 g/mol. The number of pyridine rings is 1. The van der Waals surface area contributed by atoms with Crippen LogP contribution in [0.5, 0.6) is 5.88 Å². The quantitative estimate of drug-likeness (QED) is 0.853. The van der Waals surface area contributed by atoms with Crippen LogP contribution in [0.25, 0.3) is 11.0 Å². The van der Waals surface area contributed by atoms with E-state index in [2.05, 4.69) is 22.1 Å². The van der Waals surface area contributed by atoms with Crippen molar-refractivity contribution in [1.29, 1.82) is 0 Å². The Morgan fingerprint density at radius 1 is 1.47 bits per heavy atom. The number of nitrogens with one attached hydrogen (secondary N) is 1. The minimum atomic E-state index is -0.329. The summed E-state index contributed by atoms with van der Waals surface area (Å²) in [5.74, 6) is 0.978. The molecular formula is C13H16N4O2. The summed E-state index contributed by atoms with van der Waals surface area (Å²) in [4.78, 5) is 17.9. The molecule has 3 heterocycles. The van der Waals surface area contributed by atoms with Gasteiger partial charge in [-0.3, -0.25) is 5.10 Å². The molecule has 6 heteroatoms. The lowest BCUT2D eigenvalue weighted by atomic mass is 10.00. The molecule has 0 spiro atoms. The lowest BCUT2D eigenvalue weighted by Crippen LogP contribution is -2.39. The van der Waals surface area contributed by atoms with Gasteiger partial charge in [-0.15, -0.1) is 5.10 Å². The maximum Gasteiger partial charge on any atom is 0.416 e. The highest BCUT2D eigenvalue weighted by Gasteiger charge is 2.23. The molecule has 0 atom stereocenters. The zero-order valence-electron chi connectivity index (χ0n) is 10.8. The number of carbonyl (C=O) groups is 1. The summed E-state index contributed by atoms with van der Waals surface area (Å²) in [6, 6.07) is 3.62. The van der Waals surface area contributed by atoms with E-state index in [4.69, 9.17) is 4.74 Å². The van der Waals surface area contributed by atoms with Crippen molar-refractivity contribution in [3.05, 3.63) is 18.3 Å². The molecule has 1 aliphatic rings. The summed E-state index contributed by atoms with van der Waals surface area (Å²) < 4.78 is 5.35. The maximum absolute atomic E-state index is 12.0. The summed E-state index contributed by atoms with van der Waals surface area (Å²) in [7, 11) is 0. The van der Waals surface area contributed by atoms with Gasteiger partial charge >= 0.3 is 6.09 Å². The molecule has 0 aromatic carbocycles. The molecule has 1 N–H and O–H groups in total. The van der Waals surface area contributed by atoms with Crippen molar-refractivity contribution in [1.82, 2.24) is 20.1 Å². The molecule has 0 bridgehead atoms. The molecule has 6 nitrogen and oxygen atoms in total. The number of amides is 1. The van der Waals surface area contributed by atoms with Gasteiger partial charge in [0.1, 0.15) is 0 Å². The highest BCUT2D eigenvalue weighted by molar-refractivity contribution is 5.83. The minimum Gasteiger partial charge on any atom is -0.389 e. The molecule has 3 rings (SSSR count). The third kappa shape index (κ3) is 2.38. The summed E-state index contributed by atoms with van der Waals surface area (Å²) in [6.07, 6.45) is 3.39. The van der Waals surface area contributed by atoms with E-state index in [0.717, 1.165) is 31.3 Å². The van der Waals surface area contributed by atoms with E-state index in [9.17, 15) is 4.79 Å². The number of hydrogen-bond acceptors (Lipinski definition) is 4. The second-order valence-corrected chi connectivity index (χ2v) is 4.97. The van der Waals surface area contributed by atoms with Gasteiger partial charge in [0.15, 0.2) is 5.65 Å². The van der Waals surface area contributed by atoms with Gasteiger partial charge in [0.2, 0.25) is 0 Å². The van der Waals surface area contributed by atoms with E-state index in [1.54, 1.807) is 17.2 Å². The molecule has 19 heavy (non-hydrogen) atoms. The van der Waals surface area contributed by atoms with Crippen LogP contribution in [0.15, 0.2) is 18.3 Å². The number of H-pyrrole nitrogens is 1. The molecule has 1 saturated heterocycles. The van der Waals surface area contributed by atoms with E-state index in [1.807, 2.05) is 6.07 Å². The summed E-state index contributed by atoms with van der Waals surface area (Å²) in [6.45, 7) is 3.71. The fraction of sp³-hybridized carbons (Fsp3) is 0.462. The standard InChI is InChI=1S/C13H16N4O2/c1-9-4-7-17(8-5-9)13(18)19-12-10-3-2-6-14-11(10)15-16-12/h2-3,6,9H,4-5,7-8H2,1H3,(H,14,15,16). The third-order valence-electron chi connectivity index (χ3n) is 3.53. The Labute approximate surface area is 110 Å². The number of likely N-dealkylation sites (tertiary alicyclic amines) is 1. The highest BCUT2D eigenvalue weighted by atomic mass is 16.6. The van der Waals surface area contributed by atoms with Gasteiger partial charge in [-0.1, -0.05) is 6.92 Å². The number of piperidine rings is 1. The highest BCUT2D eigenvalue weighted by Crippen LogP contribution is 2.22. The number of carbonyl (C=O) groups excluding carboxylic acids is 1. The van der Waals surface area contributed by atoms with Crippen LogP contribution in [-0.4, -0.2) is 39.3 Å². The van der Waals surface area contributed by atoms with Gasteiger partial charge in [0, 0.05) is 19.3 Å².